The minimum absolute atomic E-state index is 0.218. The lowest BCUT2D eigenvalue weighted by Gasteiger charge is -2.57. The number of hydrogen-bond acceptors (Lipinski definition) is 12. The molecule has 3 atom stereocenters. The number of benzene rings is 3. The number of carbonyl (C=O) groups excluding carboxylic acids is 5. The third kappa shape index (κ3) is 9.37. The zero-order valence-corrected chi connectivity index (χ0v) is 39.4. The lowest BCUT2D eigenvalue weighted by Crippen LogP contribution is -2.69. The molecule has 5 amide bonds. The Labute approximate surface area is 410 Å². The second-order valence-electron chi connectivity index (χ2n) is 19.6. The van der Waals surface area contributed by atoms with Crippen LogP contribution >= 0.6 is 0 Å². The van der Waals surface area contributed by atoms with E-state index < -0.39 is 35.0 Å². The smallest absolute Gasteiger partial charge is 0.256 e. The number of piperidine rings is 3. The van der Waals surface area contributed by atoms with E-state index in [-0.39, 0.29) is 18.2 Å². The van der Waals surface area contributed by atoms with E-state index in [1.54, 1.807) is 43.8 Å². The molecule has 12 rings (SSSR count). The van der Waals surface area contributed by atoms with E-state index in [0.29, 0.717) is 77.9 Å². The monoisotopic (exact) mass is 959 g/mol. The Morgan fingerprint density at radius 1 is 0.887 bits per heavy atom. The Morgan fingerprint density at radius 3 is 2.30 bits per heavy atom. The first-order chi connectivity index (χ1) is 34.5. The van der Waals surface area contributed by atoms with Gasteiger partial charge >= 0.3 is 0 Å². The predicted molar refractivity (Wildman–Crippen MR) is 262 cm³/mol. The molecular formula is C54H54FN9O7. The molecule has 5 aromatic rings. The van der Waals surface area contributed by atoms with Crippen LogP contribution in [0.25, 0.3) is 10.9 Å². The predicted octanol–water partition coefficient (Wildman–Crippen LogP) is 6.10. The Kier molecular flexibility index (Phi) is 12.3. The van der Waals surface area contributed by atoms with Crippen LogP contribution in [0.15, 0.2) is 85.2 Å². The molecule has 5 saturated heterocycles. The number of pyridine rings is 2. The summed E-state index contributed by atoms with van der Waals surface area (Å²) in [7, 11) is 1.69. The number of aromatic nitrogens is 2. The number of nitrogens with zero attached hydrogens (tertiary/aromatic N) is 6. The summed E-state index contributed by atoms with van der Waals surface area (Å²) in [5.74, 6) is 6.86. The van der Waals surface area contributed by atoms with Gasteiger partial charge in [-0.25, -0.2) is 9.37 Å². The largest absolute Gasteiger partial charge is 0.495 e. The molecule has 0 spiro atoms. The van der Waals surface area contributed by atoms with E-state index in [9.17, 15) is 28.4 Å². The topological polar surface area (TPSA) is 179 Å². The minimum Gasteiger partial charge on any atom is -0.495 e. The summed E-state index contributed by atoms with van der Waals surface area (Å²) < 4.78 is 25.7. The highest BCUT2D eigenvalue weighted by Crippen LogP contribution is 2.48. The molecule has 17 heteroatoms. The van der Waals surface area contributed by atoms with Crippen LogP contribution < -0.4 is 30.3 Å². The van der Waals surface area contributed by atoms with Crippen molar-refractivity contribution in [3.8, 4) is 29.1 Å². The SMILES string of the molecule is COc1cc2c(Oc3ccc(NC(=O)C4(C(=O)Nc5ccc(F)cc5)CC4)cc3)ccnc2cc1N1CCC(CN2C3CC2CN(CCC#Cc2cc4c(cn2)C(=O)N(C2CCC(=O)NC2=O)C4)C3)CC1. The second kappa shape index (κ2) is 19.1. The molecule has 2 bridgehead atoms. The van der Waals surface area contributed by atoms with E-state index in [2.05, 4.69) is 53.5 Å². The molecule has 3 aromatic carbocycles. The highest BCUT2D eigenvalue weighted by atomic mass is 19.1. The molecule has 6 aliphatic heterocycles. The van der Waals surface area contributed by atoms with Gasteiger partial charge in [0.25, 0.3) is 5.91 Å². The standard InChI is InChI=1S/C54H54FN9O7/c1-70-48-26-42-44(56-20-15-47(42)71-41-11-9-37(10-12-41)59-53(69)54(18-19-54)52(68)58-36-7-5-35(55)6-8-36)27-46(48)62-22-16-33(17-23-62)29-63-39-25-40(63)32-61(31-39)21-3-2-4-38-24-34-30-64(51(67)43(34)28-57-38)45-13-14-49(65)60-50(45)66/h5-12,15,20,24,26-28,33,39-40,45H,3,13-14,16-19,21-23,25,29-32H2,1H3,(H,58,68)(H,59,69)(H,60,65,66). The van der Waals surface area contributed by atoms with Gasteiger partial charge < -0.3 is 29.9 Å². The Hall–Kier alpha value is -7.42. The lowest BCUT2D eigenvalue weighted by atomic mass is 9.84. The number of hydrogen-bond donors (Lipinski definition) is 3. The van der Waals surface area contributed by atoms with E-state index in [1.807, 2.05) is 18.2 Å². The summed E-state index contributed by atoms with van der Waals surface area (Å²) in [4.78, 5) is 81.6. The number of anilines is 3. The van der Waals surface area contributed by atoms with Crippen LogP contribution in [0.1, 0.15) is 73.0 Å². The molecule has 8 heterocycles. The average Bonchev–Trinajstić information content (AvgIpc) is 4.14. The molecule has 1 aliphatic carbocycles. The fraction of sp³-hybridized carbons (Fsp3) is 0.389. The lowest BCUT2D eigenvalue weighted by molar-refractivity contribution is -0.137. The number of methoxy groups -OCH3 is 1. The van der Waals surface area contributed by atoms with Crippen molar-refractivity contribution >= 4 is 57.5 Å². The van der Waals surface area contributed by atoms with E-state index in [1.165, 1.54) is 35.6 Å². The zero-order valence-electron chi connectivity index (χ0n) is 39.4. The van der Waals surface area contributed by atoms with Gasteiger partial charge in [0.15, 0.2) is 0 Å². The van der Waals surface area contributed by atoms with E-state index >= 15 is 0 Å². The molecule has 6 fully saturated rings. The number of carbonyl (C=O) groups is 5. The number of ether oxygens (including phenoxy) is 2. The van der Waals surface area contributed by atoms with Crippen LogP contribution in [0.4, 0.5) is 21.5 Å². The van der Waals surface area contributed by atoms with Gasteiger partial charge in [0.1, 0.15) is 40.2 Å². The van der Waals surface area contributed by atoms with Crippen molar-refractivity contribution in [2.45, 2.75) is 76.0 Å². The highest BCUT2D eigenvalue weighted by Gasteiger charge is 2.56. The molecule has 3 unspecified atom stereocenters. The normalized spacial score (nSPS) is 21.7. The maximum Gasteiger partial charge on any atom is 0.256 e. The van der Waals surface area contributed by atoms with Crippen molar-refractivity contribution in [3.05, 3.63) is 108 Å². The molecular weight excluding hydrogens is 906 g/mol. The molecule has 1 saturated carbocycles. The van der Waals surface area contributed by atoms with E-state index in [4.69, 9.17) is 14.5 Å². The average molecular weight is 960 g/mol. The molecule has 16 nitrogen and oxygen atoms in total. The Morgan fingerprint density at radius 2 is 1.61 bits per heavy atom. The molecule has 364 valence electrons. The maximum absolute atomic E-state index is 13.3. The summed E-state index contributed by atoms with van der Waals surface area (Å²) in [6, 6.07) is 20.7. The molecule has 71 heavy (non-hydrogen) atoms. The minimum atomic E-state index is -1.17. The van der Waals surface area contributed by atoms with Gasteiger partial charge in [0.05, 0.1) is 23.9 Å². The van der Waals surface area contributed by atoms with Crippen LogP contribution in [0.2, 0.25) is 0 Å². The summed E-state index contributed by atoms with van der Waals surface area (Å²) in [5, 5.41) is 8.76. The van der Waals surface area contributed by atoms with Crippen LogP contribution in [-0.4, -0.2) is 119 Å². The zero-order chi connectivity index (χ0) is 48.8. The van der Waals surface area contributed by atoms with Crippen LogP contribution in [0, 0.1) is 29.0 Å². The van der Waals surface area contributed by atoms with Crippen LogP contribution in [-0.2, 0) is 25.7 Å². The highest BCUT2D eigenvalue weighted by molar-refractivity contribution is 6.17. The molecule has 7 aliphatic rings. The molecule has 0 radical (unpaired) electrons. The quantitative estimate of drug-likeness (QED) is 0.0703. The second-order valence-corrected chi connectivity index (χ2v) is 19.6. The number of rotatable bonds is 13. The first kappa shape index (κ1) is 46.0. The van der Waals surface area contributed by atoms with Gasteiger partial charge in [-0.1, -0.05) is 5.92 Å². The summed E-state index contributed by atoms with van der Waals surface area (Å²) in [6.45, 7) is 6.27. The fourth-order valence-electron chi connectivity index (χ4n) is 10.9. The third-order valence-corrected chi connectivity index (χ3v) is 15.1. The fourth-order valence-corrected chi connectivity index (χ4v) is 10.9. The third-order valence-electron chi connectivity index (χ3n) is 15.1. The van der Waals surface area contributed by atoms with Gasteiger partial charge in [0, 0.05) is 99.9 Å². The molecule has 2 aromatic heterocycles. The van der Waals surface area contributed by atoms with E-state index in [0.717, 1.165) is 86.4 Å². The number of amides is 5. The van der Waals surface area contributed by atoms with Gasteiger partial charge in [-0.2, -0.15) is 0 Å². The van der Waals surface area contributed by atoms with Crippen molar-refractivity contribution in [1.29, 1.82) is 0 Å². The number of piperazine rings is 1. The Balaban J connectivity index is 0.639. The number of fused-ring (bicyclic) bond motifs is 4. The van der Waals surface area contributed by atoms with Crippen molar-refractivity contribution in [1.82, 2.24) is 30.0 Å². The summed E-state index contributed by atoms with van der Waals surface area (Å²) in [6.07, 6.45) is 8.84. The summed E-state index contributed by atoms with van der Waals surface area (Å²) >= 11 is 0. The number of imide groups is 1. The molecule has 3 N–H and O–H groups in total. The first-order valence-corrected chi connectivity index (χ1v) is 24.5. The van der Waals surface area contributed by atoms with Crippen LogP contribution in [0.5, 0.6) is 17.2 Å². The van der Waals surface area contributed by atoms with Gasteiger partial charge in [-0.05, 0) is 129 Å². The van der Waals surface area contributed by atoms with Crippen molar-refractivity contribution < 1.29 is 37.8 Å². The number of nitrogens with one attached hydrogen (secondary N) is 3. The number of halogens is 1. The first-order valence-electron chi connectivity index (χ1n) is 24.5. The van der Waals surface area contributed by atoms with Crippen molar-refractivity contribution in [2.75, 3.05) is 61.9 Å². The van der Waals surface area contributed by atoms with Crippen molar-refractivity contribution in [3.63, 3.8) is 0 Å². The van der Waals surface area contributed by atoms with Gasteiger partial charge in [0.2, 0.25) is 23.6 Å². The summed E-state index contributed by atoms with van der Waals surface area (Å²) in [5.41, 5.74) is 3.51. The maximum atomic E-state index is 13.3. The van der Waals surface area contributed by atoms with Gasteiger partial charge in [-0.15, -0.1) is 0 Å². The van der Waals surface area contributed by atoms with Crippen LogP contribution in [0.3, 0.4) is 0 Å². The van der Waals surface area contributed by atoms with Crippen molar-refractivity contribution in [2.24, 2.45) is 11.3 Å². The van der Waals surface area contributed by atoms with Gasteiger partial charge in [-0.3, -0.25) is 44.1 Å². The Bertz CT molecular complexity index is 2990.